The first kappa shape index (κ1) is 21.2. The molecule has 1 amide bonds. The van der Waals surface area contributed by atoms with Crippen LogP contribution in [0, 0.1) is 0 Å². The minimum Gasteiger partial charge on any atom is -0.459 e. The molecule has 3 aromatic rings. The highest BCUT2D eigenvalue weighted by Crippen LogP contribution is 2.34. The standard InChI is InChI=1S/C26H30N2O3/c1-26(2,3)22-10-4-5-11-23(22)31-21-9-6-8-20(18-21)19-27-13-15-28(16-14-27)25(29)24-12-7-17-30-24/h4-12,17-18H,13-16,19H2,1-3H3. The molecule has 0 saturated carbocycles. The van der Waals surface area contributed by atoms with Crippen molar-refractivity contribution in [2.75, 3.05) is 26.2 Å². The van der Waals surface area contributed by atoms with Crippen LogP contribution in [0.4, 0.5) is 0 Å². The maximum absolute atomic E-state index is 12.4. The van der Waals surface area contributed by atoms with E-state index in [1.165, 1.54) is 11.1 Å². The van der Waals surface area contributed by atoms with Crippen molar-refractivity contribution in [1.82, 2.24) is 9.80 Å². The minimum absolute atomic E-state index is 0.0148. The van der Waals surface area contributed by atoms with Crippen LogP contribution in [0.3, 0.4) is 0 Å². The Balaban J connectivity index is 1.37. The number of piperazine rings is 1. The molecule has 5 heteroatoms. The second kappa shape index (κ2) is 8.98. The third-order valence-corrected chi connectivity index (χ3v) is 5.62. The predicted octanol–water partition coefficient (Wildman–Crippen LogP) is 5.33. The number of benzene rings is 2. The van der Waals surface area contributed by atoms with Crippen LogP contribution in [-0.4, -0.2) is 41.9 Å². The van der Waals surface area contributed by atoms with Gasteiger partial charge in [0.15, 0.2) is 5.76 Å². The number of amides is 1. The van der Waals surface area contributed by atoms with Crippen LogP contribution in [0.5, 0.6) is 11.5 Å². The highest BCUT2D eigenvalue weighted by molar-refractivity contribution is 5.91. The van der Waals surface area contributed by atoms with E-state index >= 15 is 0 Å². The second-order valence-electron chi connectivity index (χ2n) is 9.04. The zero-order valence-corrected chi connectivity index (χ0v) is 18.5. The van der Waals surface area contributed by atoms with Gasteiger partial charge in [-0.15, -0.1) is 0 Å². The molecule has 1 aromatic heterocycles. The minimum atomic E-state index is -0.0300. The van der Waals surface area contributed by atoms with Gasteiger partial charge >= 0.3 is 0 Å². The number of nitrogens with zero attached hydrogens (tertiary/aromatic N) is 2. The Morgan fingerprint density at radius 1 is 0.968 bits per heavy atom. The Morgan fingerprint density at radius 2 is 1.74 bits per heavy atom. The Hall–Kier alpha value is -3.05. The van der Waals surface area contributed by atoms with Crippen molar-refractivity contribution in [1.29, 1.82) is 0 Å². The van der Waals surface area contributed by atoms with Gasteiger partial charge in [0.2, 0.25) is 0 Å². The molecule has 162 valence electrons. The summed E-state index contributed by atoms with van der Waals surface area (Å²) in [5.74, 6) is 2.13. The molecular formula is C26H30N2O3. The summed E-state index contributed by atoms with van der Waals surface area (Å²) in [5, 5.41) is 0. The molecule has 0 spiro atoms. The molecule has 0 unspecified atom stereocenters. The lowest BCUT2D eigenvalue weighted by atomic mass is 9.86. The van der Waals surface area contributed by atoms with E-state index in [0.29, 0.717) is 18.8 Å². The van der Waals surface area contributed by atoms with Gasteiger partial charge in [-0.25, -0.2) is 0 Å². The van der Waals surface area contributed by atoms with Crippen LogP contribution in [0.2, 0.25) is 0 Å². The molecule has 0 radical (unpaired) electrons. The summed E-state index contributed by atoms with van der Waals surface area (Å²) in [6.07, 6.45) is 1.54. The fourth-order valence-electron chi connectivity index (χ4n) is 3.93. The molecule has 1 aliphatic rings. The fourth-order valence-corrected chi connectivity index (χ4v) is 3.93. The lowest BCUT2D eigenvalue weighted by Gasteiger charge is -2.34. The molecule has 1 saturated heterocycles. The van der Waals surface area contributed by atoms with Crippen molar-refractivity contribution in [2.45, 2.75) is 32.7 Å². The third kappa shape index (κ3) is 5.17. The number of hydrogen-bond donors (Lipinski definition) is 0. The van der Waals surface area contributed by atoms with Crippen molar-refractivity contribution >= 4 is 5.91 Å². The summed E-state index contributed by atoms with van der Waals surface area (Å²) in [6, 6.07) is 20.0. The Kier molecular flexibility index (Phi) is 6.14. The molecule has 0 bridgehead atoms. The van der Waals surface area contributed by atoms with E-state index < -0.39 is 0 Å². The average Bonchev–Trinajstić information content (AvgIpc) is 3.29. The van der Waals surface area contributed by atoms with Crippen LogP contribution < -0.4 is 4.74 Å². The summed E-state index contributed by atoms with van der Waals surface area (Å²) >= 11 is 0. The monoisotopic (exact) mass is 418 g/mol. The second-order valence-corrected chi connectivity index (χ2v) is 9.04. The van der Waals surface area contributed by atoms with Crippen molar-refractivity contribution in [3.63, 3.8) is 0 Å². The number of carbonyl (C=O) groups is 1. The molecule has 2 aromatic carbocycles. The normalized spacial score (nSPS) is 15.1. The van der Waals surface area contributed by atoms with Gasteiger partial charge in [0.25, 0.3) is 5.91 Å². The van der Waals surface area contributed by atoms with Gasteiger partial charge < -0.3 is 14.1 Å². The summed E-state index contributed by atoms with van der Waals surface area (Å²) < 4.78 is 11.5. The fraction of sp³-hybridized carbons (Fsp3) is 0.346. The summed E-state index contributed by atoms with van der Waals surface area (Å²) in [6.45, 7) is 10.5. The summed E-state index contributed by atoms with van der Waals surface area (Å²) in [7, 11) is 0. The zero-order chi connectivity index (χ0) is 21.8. The van der Waals surface area contributed by atoms with Crippen LogP contribution in [0.1, 0.15) is 42.5 Å². The largest absolute Gasteiger partial charge is 0.459 e. The summed E-state index contributed by atoms with van der Waals surface area (Å²) in [4.78, 5) is 16.7. The van der Waals surface area contributed by atoms with Crippen molar-refractivity contribution in [3.8, 4) is 11.5 Å². The topological polar surface area (TPSA) is 45.9 Å². The van der Waals surface area contributed by atoms with Crippen molar-refractivity contribution in [3.05, 3.63) is 83.8 Å². The average molecular weight is 419 g/mol. The molecule has 4 rings (SSSR count). The smallest absolute Gasteiger partial charge is 0.289 e. The van der Waals surface area contributed by atoms with Gasteiger partial charge in [-0.05, 0) is 41.3 Å². The van der Waals surface area contributed by atoms with E-state index in [9.17, 15) is 4.79 Å². The van der Waals surface area contributed by atoms with Gasteiger partial charge in [-0.2, -0.15) is 0 Å². The van der Waals surface area contributed by atoms with Crippen LogP contribution >= 0.6 is 0 Å². The molecule has 0 N–H and O–H groups in total. The Labute approximate surface area is 184 Å². The lowest BCUT2D eigenvalue weighted by molar-refractivity contribution is 0.0598. The van der Waals surface area contributed by atoms with E-state index in [0.717, 1.165) is 31.1 Å². The van der Waals surface area contributed by atoms with Gasteiger partial charge in [-0.3, -0.25) is 9.69 Å². The van der Waals surface area contributed by atoms with Crippen LogP contribution in [0.25, 0.3) is 0 Å². The van der Waals surface area contributed by atoms with E-state index in [4.69, 9.17) is 9.15 Å². The van der Waals surface area contributed by atoms with E-state index in [1.807, 2.05) is 29.2 Å². The molecule has 31 heavy (non-hydrogen) atoms. The number of para-hydroxylation sites is 1. The van der Waals surface area contributed by atoms with Crippen LogP contribution in [-0.2, 0) is 12.0 Å². The maximum atomic E-state index is 12.4. The van der Waals surface area contributed by atoms with Crippen LogP contribution in [0.15, 0.2) is 71.3 Å². The first-order valence-corrected chi connectivity index (χ1v) is 10.8. The molecule has 0 aliphatic carbocycles. The van der Waals surface area contributed by atoms with Gasteiger partial charge in [0.1, 0.15) is 11.5 Å². The molecule has 2 heterocycles. The van der Waals surface area contributed by atoms with E-state index in [1.54, 1.807) is 18.4 Å². The first-order valence-electron chi connectivity index (χ1n) is 10.8. The summed E-state index contributed by atoms with van der Waals surface area (Å²) in [5.41, 5.74) is 2.41. The van der Waals surface area contributed by atoms with Gasteiger partial charge in [0.05, 0.1) is 6.26 Å². The Morgan fingerprint density at radius 3 is 2.45 bits per heavy atom. The lowest BCUT2D eigenvalue weighted by Crippen LogP contribution is -2.48. The van der Waals surface area contributed by atoms with E-state index in [-0.39, 0.29) is 11.3 Å². The molecule has 1 fully saturated rings. The molecule has 1 aliphatic heterocycles. The molecule has 0 atom stereocenters. The predicted molar refractivity (Wildman–Crippen MR) is 122 cm³/mol. The quantitative estimate of drug-likeness (QED) is 0.562. The molecular weight excluding hydrogens is 388 g/mol. The Bertz CT molecular complexity index is 1010. The first-order chi connectivity index (χ1) is 14.9. The highest BCUT2D eigenvalue weighted by Gasteiger charge is 2.24. The number of furan rings is 1. The number of hydrogen-bond acceptors (Lipinski definition) is 4. The number of ether oxygens (including phenoxy) is 1. The van der Waals surface area contributed by atoms with Gasteiger partial charge in [-0.1, -0.05) is 51.1 Å². The zero-order valence-electron chi connectivity index (χ0n) is 18.5. The number of rotatable bonds is 5. The SMILES string of the molecule is CC(C)(C)c1ccccc1Oc1cccc(CN2CCN(C(=O)c3ccco3)CC2)c1. The number of carbonyl (C=O) groups excluding carboxylic acids is 1. The third-order valence-electron chi connectivity index (χ3n) is 5.62. The van der Waals surface area contributed by atoms with Crippen molar-refractivity contribution in [2.24, 2.45) is 0 Å². The molecule has 5 nitrogen and oxygen atoms in total. The van der Waals surface area contributed by atoms with Gasteiger partial charge in [0, 0.05) is 38.3 Å². The highest BCUT2D eigenvalue weighted by atomic mass is 16.5. The van der Waals surface area contributed by atoms with Crippen molar-refractivity contribution < 1.29 is 13.9 Å². The van der Waals surface area contributed by atoms with E-state index in [2.05, 4.69) is 49.9 Å². The maximum Gasteiger partial charge on any atom is 0.289 e.